The summed E-state index contributed by atoms with van der Waals surface area (Å²) in [7, 11) is 1.57. The Morgan fingerprint density at radius 1 is 1.12 bits per heavy atom. The molecular formula is C20H20N2O4. The summed E-state index contributed by atoms with van der Waals surface area (Å²) in [4.78, 5) is 26.5. The van der Waals surface area contributed by atoms with E-state index in [1.54, 1.807) is 30.2 Å². The molecule has 0 unspecified atom stereocenters. The van der Waals surface area contributed by atoms with Gasteiger partial charge in [-0.25, -0.2) is 9.59 Å². The first-order valence-electron chi connectivity index (χ1n) is 8.65. The van der Waals surface area contributed by atoms with E-state index in [2.05, 4.69) is 5.32 Å². The number of carbonyl (C=O) groups is 2. The molecule has 2 amide bonds. The predicted octanol–water partition coefficient (Wildman–Crippen LogP) is 3.39. The zero-order chi connectivity index (χ0) is 18.1. The molecule has 1 saturated heterocycles. The highest BCUT2D eigenvalue weighted by Gasteiger charge is 2.47. The first-order valence-corrected chi connectivity index (χ1v) is 8.65. The van der Waals surface area contributed by atoms with Gasteiger partial charge in [0.15, 0.2) is 0 Å². The van der Waals surface area contributed by atoms with E-state index in [9.17, 15) is 9.59 Å². The lowest BCUT2D eigenvalue weighted by Gasteiger charge is -2.38. The summed E-state index contributed by atoms with van der Waals surface area (Å²) < 4.78 is 11.0. The number of para-hydroxylation sites is 2. The molecule has 2 heterocycles. The van der Waals surface area contributed by atoms with E-state index in [0.29, 0.717) is 42.9 Å². The SMILES string of the molecule is COc1ccccc1NC(=O)N1CCC2(CC1)OC(=O)c1ccccc12. The topological polar surface area (TPSA) is 67.9 Å². The minimum Gasteiger partial charge on any atom is -0.495 e. The van der Waals surface area contributed by atoms with E-state index in [1.165, 1.54) is 0 Å². The van der Waals surface area contributed by atoms with Crippen LogP contribution in [0, 0.1) is 0 Å². The molecule has 0 atom stereocenters. The Hall–Kier alpha value is -3.02. The molecule has 4 rings (SSSR count). The Morgan fingerprint density at radius 2 is 1.81 bits per heavy atom. The van der Waals surface area contributed by atoms with Gasteiger partial charge in [0, 0.05) is 31.5 Å². The lowest BCUT2D eigenvalue weighted by Crippen LogP contribution is -2.46. The van der Waals surface area contributed by atoms with Crippen molar-refractivity contribution in [3.63, 3.8) is 0 Å². The van der Waals surface area contributed by atoms with Crippen LogP contribution >= 0.6 is 0 Å². The number of esters is 1. The molecule has 6 nitrogen and oxygen atoms in total. The predicted molar refractivity (Wildman–Crippen MR) is 96.4 cm³/mol. The third-order valence-corrected chi connectivity index (χ3v) is 5.13. The van der Waals surface area contributed by atoms with Gasteiger partial charge in [0.25, 0.3) is 0 Å². The van der Waals surface area contributed by atoms with Crippen molar-refractivity contribution in [2.75, 3.05) is 25.5 Å². The van der Waals surface area contributed by atoms with Crippen molar-refractivity contribution < 1.29 is 19.1 Å². The van der Waals surface area contributed by atoms with E-state index in [1.807, 2.05) is 30.3 Å². The minimum absolute atomic E-state index is 0.179. The first-order chi connectivity index (χ1) is 12.6. The van der Waals surface area contributed by atoms with Crippen molar-refractivity contribution >= 4 is 17.7 Å². The molecule has 1 spiro atoms. The number of methoxy groups -OCH3 is 1. The molecule has 2 aromatic rings. The summed E-state index contributed by atoms with van der Waals surface area (Å²) in [5.74, 6) is 0.348. The summed E-state index contributed by atoms with van der Waals surface area (Å²) in [6.07, 6.45) is 1.18. The van der Waals surface area contributed by atoms with Crippen molar-refractivity contribution in [1.82, 2.24) is 4.90 Å². The third kappa shape index (κ3) is 2.67. The average Bonchev–Trinajstić information content (AvgIpc) is 2.95. The molecule has 0 bridgehead atoms. The molecule has 1 N–H and O–H groups in total. The van der Waals surface area contributed by atoms with Gasteiger partial charge >= 0.3 is 12.0 Å². The quantitative estimate of drug-likeness (QED) is 0.841. The number of anilines is 1. The number of nitrogens with one attached hydrogen (secondary N) is 1. The van der Waals surface area contributed by atoms with Crippen LogP contribution in [0.2, 0.25) is 0 Å². The van der Waals surface area contributed by atoms with Crippen molar-refractivity contribution in [1.29, 1.82) is 0 Å². The Labute approximate surface area is 151 Å². The molecule has 0 radical (unpaired) electrons. The number of ether oxygens (including phenoxy) is 2. The number of urea groups is 1. The van der Waals surface area contributed by atoms with E-state index in [0.717, 1.165) is 5.56 Å². The molecule has 1 fully saturated rings. The van der Waals surface area contributed by atoms with Gasteiger partial charge < -0.3 is 19.7 Å². The summed E-state index contributed by atoms with van der Waals surface area (Å²) in [6.45, 7) is 1.03. The van der Waals surface area contributed by atoms with Gasteiger partial charge in [0.05, 0.1) is 18.4 Å². The number of rotatable bonds is 2. The highest BCUT2D eigenvalue weighted by molar-refractivity contribution is 5.95. The molecule has 6 heteroatoms. The monoisotopic (exact) mass is 352 g/mol. The fourth-order valence-corrected chi connectivity index (χ4v) is 3.73. The number of hydrogen-bond acceptors (Lipinski definition) is 4. The molecule has 2 aliphatic rings. The summed E-state index contributed by atoms with van der Waals surface area (Å²) in [5.41, 5.74) is 1.61. The van der Waals surface area contributed by atoms with Gasteiger partial charge in [0.2, 0.25) is 0 Å². The number of fused-ring (bicyclic) bond motifs is 2. The fourth-order valence-electron chi connectivity index (χ4n) is 3.73. The van der Waals surface area contributed by atoms with Gasteiger partial charge in [-0.1, -0.05) is 30.3 Å². The second kappa shape index (κ2) is 6.37. The van der Waals surface area contributed by atoms with Crippen LogP contribution in [0.5, 0.6) is 5.75 Å². The highest BCUT2D eigenvalue weighted by Crippen LogP contribution is 2.44. The molecule has 26 heavy (non-hydrogen) atoms. The zero-order valence-electron chi connectivity index (χ0n) is 14.5. The maximum absolute atomic E-state index is 12.6. The minimum atomic E-state index is -0.602. The van der Waals surface area contributed by atoms with Crippen LogP contribution in [0.4, 0.5) is 10.5 Å². The largest absolute Gasteiger partial charge is 0.495 e. The van der Waals surface area contributed by atoms with Crippen LogP contribution in [0.3, 0.4) is 0 Å². The van der Waals surface area contributed by atoms with Gasteiger partial charge in [-0.3, -0.25) is 0 Å². The zero-order valence-corrected chi connectivity index (χ0v) is 14.5. The number of likely N-dealkylation sites (tertiary alicyclic amines) is 1. The Morgan fingerprint density at radius 3 is 2.58 bits per heavy atom. The van der Waals surface area contributed by atoms with Crippen LogP contribution in [0.1, 0.15) is 28.8 Å². The average molecular weight is 352 g/mol. The van der Waals surface area contributed by atoms with Gasteiger partial charge in [0.1, 0.15) is 11.4 Å². The number of piperidine rings is 1. The standard InChI is InChI=1S/C20H20N2O4/c1-25-17-9-5-4-8-16(17)21-19(24)22-12-10-20(11-13-22)15-7-3-2-6-14(15)18(23)26-20/h2-9H,10-13H2,1H3,(H,21,24). The van der Waals surface area contributed by atoms with Crippen molar-refractivity contribution in [2.45, 2.75) is 18.4 Å². The molecule has 0 aliphatic carbocycles. The van der Waals surface area contributed by atoms with Crippen molar-refractivity contribution in [2.24, 2.45) is 0 Å². The molecule has 0 aromatic heterocycles. The number of benzene rings is 2. The van der Waals surface area contributed by atoms with Crippen molar-refractivity contribution in [3.05, 3.63) is 59.7 Å². The molecule has 134 valence electrons. The van der Waals surface area contributed by atoms with Gasteiger partial charge in [-0.15, -0.1) is 0 Å². The number of nitrogens with zero attached hydrogens (tertiary/aromatic N) is 1. The van der Waals surface area contributed by atoms with Crippen LogP contribution in [0.25, 0.3) is 0 Å². The van der Waals surface area contributed by atoms with Gasteiger partial charge in [-0.2, -0.15) is 0 Å². The van der Waals surface area contributed by atoms with E-state index >= 15 is 0 Å². The van der Waals surface area contributed by atoms with Crippen LogP contribution in [0.15, 0.2) is 48.5 Å². The molecule has 0 saturated carbocycles. The van der Waals surface area contributed by atoms with E-state index in [-0.39, 0.29) is 12.0 Å². The van der Waals surface area contributed by atoms with E-state index in [4.69, 9.17) is 9.47 Å². The Kier molecular flexibility index (Phi) is 4.03. The summed E-state index contributed by atoms with van der Waals surface area (Å²) in [6, 6.07) is 14.6. The second-order valence-corrected chi connectivity index (χ2v) is 6.55. The number of amides is 2. The fraction of sp³-hybridized carbons (Fsp3) is 0.300. The molecular weight excluding hydrogens is 332 g/mol. The van der Waals surface area contributed by atoms with Crippen LogP contribution in [-0.4, -0.2) is 37.1 Å². The lowest BCUT2D eigenvalue weighted by atomic mass is 9.84. The third-order valence-electron chi connectivity index (χ3n) is 5.13. The van der Waals surface area contributed by atoms with Crippen LogP contribution in [-0.2, 0) is 10.3 Å². The Balaban J connectivity index is 1.46. The number of carbonyl (C=O) groups excluding carboxylic acids is 2. The summed E-state index contributed by atoms with van der Waals surface area (Å²) >= 11 is 0. The maximum Gasteiger partial charge on any atom is 0.339 e. The normalized spacial score (nSPS) is 17.6. The highest BCUT2D eigenvalue weighted by atomic mass is 16.6. The maximum atomic E-state index is 12.6. The lowest BCUT2D eigenvalue weighted by molar-refractivity contribution is -0.0363. The van der Waals surface area contributed by atoms with Crippen LogP contribution < -0.4 is 10.1 Å². The smallest absolute Gasteiger partial charge is 0.339 e. The van der Waals surface area contributed by atoms with E-state index < -0.39 is 5.60 Å². The van der Waals surface area contributed by atoms with Crippen molar-refractivity contribution in [3.8, 4) is 5.75 Å². The first kappa shape index (κ1) is 16.4. The Bertz CT molecular complexity index is 856. The molecule has 2 aliphatic heterocycles. The molecule has 2 aromatic carbocycles. The number of hydrogen-bond donors (Lipinski definition) is 1. The summed E-state index contributed by atoms with van der Waals surface area (Å²) in [5, 5.41) is 2.89. The second-order valence-electron chi connectivity index (χ2n) is 6.55. The van der Waals surface area contributed by atoms with Gasteiger partial charge in [-0.05, 0) is 18.2 Å².